The third kappa shape index (κ3) is 8.91. The Bertz CT molecular complexity index is 2250. The number of hydrazine groups is 1. The van der Waals surface area contributed by atoms with E-state index in [1.165, 1.54) is 16.3 Å². The quantitative estimate of drug-likeness (QED) is 0.125. The molecule has 6 bridgehead atoms. The molecule has 62 heavy (non-hydrogen) atoms. The molecule has 1 saturated carbocycles. The van der Waals surface area contributed by atoms with Gasteiger partial charge in [0.1, 0.15) is 23.2 Å². The van der Waals surface area contributed by atoms with Crippen molar-refractivity contribution in [2.24, 2.45) is 28.2 Å². The van der Waals surface area contributed by atoms with Crippen molar-refractivity contribution in [3.8, 4) is 11.3 Å². The molecule has 2 saturated heterocycles. The van der Waals surface area contributed by atoms with Crippen LogP contribution in [0.2, 0.25) is 0 Å². The van der Waals surface area contributed by atoms with Crippen molar-refractivity contribution in [1.29, 1.82) is 0 Å². The third-order valence-electron chi connectivity index (χ3n) is 12.9. The van der Waals surface area contributed by atoms with E-state index in [4.69, 9.17) is 24.2 Å². The standard InChI is InChI=1S/C47H63N7O7S/c1-10-30(38(48-11-2)28(6)59-9)40-32-24-47(7,8)26-61-46(58)33-17-16-22-54(51-33)45(57)39(50-42(55)36-27(5)37(36)44(56)52-20-14-15-21-52)41(60-13-4)43-49-34(25-62-43)29-18-19-35(31(32)23-29)53(40)12-3/h10-11,18-19,23,25,27-28,33,36-37,39,41,51H,1,12-17,20-22,24,26H2,2-9H3,(H,50,55)/b38-30+,48-11?/t27-,28+,33+,36-,37-,39+,41+/m1/s1. The summed E-state index contributed by atoms with van der Waals surface area (Å²) >= 11 is 1.36. The molecule has 2 N–H and O–H groups in total. The summed E-state index contributed by atoms with van der Waals surface area (Å²) in [6, 6.07) is 4.32. The molecular formula is C47H63N7O7S. The zero-order chi connectivity index (χ0) is 44.5. The Morgan fingerprint density at radius 3 is 2.60 bits per heavy atom. The predicted molar refractivity (Wildman–Crippen MR) is 241 cm³/mol. The van der Waals surface area contributed by atoms with Crippen molar-refractivity contribution in [3.05, 3.63) is 58.2 Å². The number of aromatic nitrogens is 2. The number of amides is 3. The lowest BCUT2D eigenvalue weighted by Crippen LogP contribution is -2.61. The molecule has 3 fully saturated rings. The van der Waals surface area contributed by atoms with E-state index in [0.717, 1.165) is 51.8 Å². The summed E-state index contributed by atoms with van der Waals surface area (Å²) in [6.07, 6.45) is 5.80. The van der Waals surface area contributed by atoms with Gasteiger partial charge in [-0.15, -0.1) is 11.3 Å². The van der Waals surface area contributed by atoms with Gasteiger partial charge < -0.3 is 29.0 Å². The van der Waals surface area contributed by atoms with Gasteiger partial charge in [0.25, 0.3) is 5.91 Å². The van der Waals surface area contributed by atoms with Crippen LogP contribution < -0.4 is 10.7 Å². The van der Waals surface area contributed by atoms with E-state index in [1.807, 2.05) is 44.1 Å². The number of rotatable bonds is 11. The minimum absolute atomic E-state index is 0.00274. The predicted octanol–water partition coefficient (Wildman–Crippen LogP) is 6.50. The van der Waals surface area contributed by atoms with Crippen LogP contribution in [0.4, 0.5) is 0 Å². The number of aryl methyl sites for hydroxylation is 1. The second-order valence-corrected chi connectivity index (χ2v) is 18.6. The SMILES string of the molecule is C=C/C(=C(\N=CC)[C@H](C)OC)c1c2c3cc(ccc3n1CC)-c1csc(n1)[C@@H](OCC)[C@H](NC(=O)[C@@H]1[C@@H](C)[C@H]1C(=O)N1CCCC1)C(=O)N1CCC[C@H](N1)C(=O)OCC(C)(C)C2. The van der Waals surface area contributed by atoms with Crippen LogP contribution in [0.15, 0.2) is 46.9 Å². The number of nitrogens with zero attached hydrogens (tertiary/aromatic N) is 5. The summed E-state index contributed by atoms with van der Waals surface area (Å²) < 4.78 is 20.6. The fraction of sp³-hybridized carbons (Fsp3) is 0.574. The minimum atomic E-state index is -1.20. The number of ether oxygens (including phenoxy) is 3. The average Bonchev–Trinajstić information content (AvgIpc) is 3.71. The van der Waals surface area contributed by atoms with Gasteiger partial charge in [0, 0.05) is 78.9 Å². The Hall–Kier alpha value is -4.70. The Labute approximate surface area is 369 Å². The first kappa shape index (κ1) is 45.3. The maximum atomic E-state index is 14.8. The van der Waals surface area contributed by atoms with E-state index in [9.17, 15) is 19.2 Å². The highest BCUT2D eigenvalue weighted by atomic mass is 32.1. The normalized spacial score (nSPS) is 26.3. The summed E-state index contributed by atoms with van der Waals surface area (Å²) in [5.41, 5.74) is 8.85. The van der Waals surface area contributed by atoms with Crippen LogP contribution in [0.5, 0.6) is 0 Å². The number of carbonyl (C=O) groups is 4. The van der Waals surface area contributed by atoms with Gasteiger partial charge in [-0.3, -0.25) is 29.2 Å². The molecule has 0 radical (unpaired) electrons. The second-order valence-electron chi connectivity index (χ2n) is 17.7. The fourth-order valence-electron chi connectivity index (χ4n) is 9.49. The van der Waals surface area contributed by atoms with Crippen LogP contribution in [-0.2, 0) is 46.4 Å². The van der Waals surface area contributed by atoms with Gasteiger partial charge in [-0.2, -0.15) is 0 Å². The first-order chi connectivity index (χ1) is 29.8. The molecule has 1 aliphatic carbocycles. The Morgan fingerprint density at radius 1 is 1.16 bits per heavy atom. The van der Waals surface area contributed by atoms with Gasteiger partial charge in [-0.05, 0) is 83.4 Å². The molecule has 1 aromatic carbocycles. The van der Waals surface area contributed by atoms with E-state index in [1.54, 1.807) is 13.3 Å². The fourth-order valence-corrected chi connectivity index (χ4v) is 10.4. The summed E-state index contributed by atoms with van der Waals surface area (Å²) in [4.78, 5) is 68.1. The van der Waals surface area contributed by atoms with Crippen LogP contribution in [0, 0.1) is 23.2 Å². The van der Waals surface area contributed by atoms with E-state index < -0.39 is 47.3 Å². The zero-order valence-corrected chi connectivity index (χ0v) is 38.3. The van der Waals surface area contributed by atoms with Crippen molar-refractivity contribution in [3.63, 3.8) is 0 Å². The number of hydrogen-bond acceptors (Lipinski definition) is 11. The molecule has 334 valence electrons. The van der Waals surface area contributed by atoms with E-state index in [0.29, 0.717) is 56.1 Å². The number of nitrogens with one attached hydrogen (secondary N) is 2. The smallest absolute Gasteiger partial charge is 0.324 e. The van der Waals surface area contributed by atoms with Gasteiger partial charge >= 0.3 is 5.97 Å². The number of hydrogen-bond donors (Lipinski definition) is 2. The van der Waals surface area contributed by atoms with Crippen molar-refractivity contribution < 1.29 is 33.4 Å². The molecule has 2 aromatic heterocycles. The Kier molecular flexibility index (Phi) is 13.9. The van der Waals surface area contributed by atoms with Gasteiger partial charge in [0.05, 0.1) is 41.6 Å². The molecular weight excluding hydrogens is 807 g/mol. The lowest BCUT2D eigenvalue weighted by atomic mass is 9.84. The summed E-state index contributed by atoms with van der Waals surface area (Å²) in [5.74, 6) is -2.47. The van der Waals surface area contributed by atoms with Gasteiger partial charge in [-0.1, -0.05) is 39.5 Å². The van der Waals surface area contributed by atoms with Crippen LogP contribution in [0.3, 0.4) is 0 Å². The van der Waals surface area contributed by atoms with E-state index >= 15 is 0 Å². The van der Waals surface area contributed by atoms with Gasteiger partial charge in [-0.25, -0.2) is 10.4 Å². The van der Waals surface area contributed by atoms with Gasteiger partial charge in [0.15, 0.2) is 0 Å². The summed E-state index contributed by atoms with van der Waals surface area (Å²) in [5, 5.41) is 7.95. The van der Waals surface area contributed by atoms with Crippen molar-refractivity contribution in [2.75, 3.05) is 40.0 Å². The highest BCUT2D eigenvalue weighted by molar-refractivity contribution is 7.10. The number of esters is 1. The van der Waals surface area contributed by atoms with Crippen molar-refractivity contribution in [1.82, 2.24) is 30.2 Å². The molecule has 7 rings (SSSR count). The van der Waals surface area contributed by atoms with Crippen LogP contribution in [0.25, 0.3) is 27.7 Å². The molecule has 4 aliphatic rings. The van der Waals surface area contributed by atoms with Crippen molar-refractivity contribution in [2.45, 2.75) is 111 Å². The maximum Gasteiger partial charge on any atom is 0.324 e. The molecule has 14 nitrogen and oxygen atoms in total. The van der Waals surface area contributed by atoms with Crippen molar-refractivity contribution >= 4 is 57.7 Å². The summed E-state index contributed by atoms with van der Waals surface area (Å²) in [6.45, 7) is 20.9. The Morgan fingerprint density at radius 2 is 1.92 bits per heavy atom. The molecule has 3 amide bonds. The number of benzene rings is 1. The lowest BCUT2D eigenvalue weighted by Gasteiger charge is -2.37. The largest absolute Gasteiger partial charge is 0.464 e. The monoisotopic (exact) mass is 869 g/mol. The lowest BCUT2D eigenvalue weighted by molar-refractivity contribution is -0.156. The van der Waals surface area contributed by atoms with Crippen LogP contribution in [0.1, 0.15) is 96.5 Å². The van der Waals surface area contributed by atoms with Gasteiger partial charge in [0.2, 0.25) is 11.8 Å². The molecule has 7 atom stereocenters. The molecule has 5 heterocycles. The highest BCUT2D eigenvalue weighted by Crippen LogP contribution is 2.48. The maximum absolute atomic E-state index is 14.8. The highest BCUT2D eigenvalue weighted by Gasteiger charge is 2.58. The number of cyclic esters (lactones) is 1. The van der Waals surface area contributed by atoms with Crippen LogP contribution >= 0.6 is 11.3 Å². The molecule has 15 heteroatoms. The molecule has 0 spiro atoms. The zero-order valence-electron chi connectivity index (χ0n) is 37.5. The first-order valence-electron chi connectivity index (χ1n) is 22.2. The molecule has 3 aromatic rings. The first-order valence-corrected chi connectivity index (χ1v) is 23.1. The number of likely N-dealkylation sites (tertiary alicyclic amines) is 1. The summed E-state index contributed by atoms with van der Waals surface area (Å²) in [7, 11) is 1.67. The van der Waals surface area contributed by atoms with Crippen LogP contribution in [-0.4, -0.2) is 108 Å². The number of allylic oxidation sites excluding steroid dienone is 2. The molecule has 0 unspecified atom stereocenters. The number of fused-ring (bicyclic) bond motifs is 6. The third-order valence-corrected chi connectivity index (χ3v) is 13.8. The number of methoxy groups -OCH3 is 1. The number of aliphatic imine (C=N–C) groups is 1. The average molecular weight is 870 g/mol. The minimum Gasteiger partial charge on any atom is -0.464 e. The topological polar surface area (TPSA) is 157 Å². The Balaban J connectivity index is 1.35. The second kappa shape index (κ2) is 19.0. The van der Waals surface area contributed by atoms with E-state index in [-0.39, 0.29) is 37.0 Å². The number of thiazole rings is 1. The molecule has 3 aliphatic heterocycles. The van der Waals surface area contributed by atoms with E-state index in [2.05, 4.69) is 60.9 Å². The number of carbonyl (C=O) groups excluding carboxylic acids is 4.